The summed E-state index contributed by atoms with van der Waals surface area (Å²) in [7, 11) is 0. The Labute approximate surface area is 139 Å². The minimum atomic E-state index is -3.48. The van der Waals surface area contributed by atoms with Crippen LogP contribution in [0, 0.1) is 0 Å². The molecule has 22 heavy (non-hydrogen) atoms. The molecule has 0 atom stereocenters. The number of benzene rings is 3. The SMILES string of the molecule is OP(CBr)(c1ccccc1)(c1ccccc1)c1ccccc1. The zero-order chi connectivity index (χ0) is 15.5. The van der Waals surface area contributed by atoms with Crippen LogP contribution in [0.1, 0.15) is 0 Å². The van der Waals surface area contributed by atoms with Gasteiger partial charge in [-0.15, -0.1) is 0 Å². The molecule has 3 aromatic carbocycles. The molecule has 0 fully saturated rings. The molecular weight excluding hydrogens is 355 g/mol. The van der Waals surface area contributed by atoms with Gasteiger partial charge < -0.3 is 0 Å². The van der Waals surface area contributed by atoms with Crippen molar-refractivity contribution in [3.63, 3.8) is 0 Å². The number of hydrogen-bond donors (Lipinski definition) is 1. The molecule has 0 bridgehead atoms. The summed E-state index contributed by atoms with van der Waals surface area (Å²) in [5, 5.41) is 3.42. The predicted octanol–water partition coefficient (Wildman–Crippen LogP) is 3.78. The molecule has 3 heteroatoms. The van der Waals surface area contributed by atoms with Gasteiger partial charge >= 0.3 is 140 Å². The third-order valence-electron chi connectivity index (χ3n) is 4.17. The molecular formula is C19H18BrOP. The fourth-order valence-corrected chi connectivity index (χ4v) is 9.26. The molecule has 0 saturated heterocycles. The van der Waals surface area contributed by atoms with Crippen molar-refractivity contribution in [1.29, 1.82) is 0 Å². The second-order valence-corrected chi connectivity index (χ2v) is 11.2. The maximum absolute atomic E-state index is 12.3. The third kappa shape index (κ3) is 2.23. The van der Waals surface area contributed by atoms with Crippen molar-refractivity contribution in [2.45, 2.75) is 0 Å². The van der Waals surface area contributed by atoms with Crippen molar-refractivity contribution in [2.24, 2.45) is 0 Å². The van der Waals surface area contributed by atoms with E-state index in [1.54, 1.807) is 0 Å². The second-order valence-electron chi connectivity index (χ2n) is 5.38. The zero-order valence-corrected chi connectivity index (χ0v) is 14.6. The van der Waals surface area contributed by atoms with E-state index in [9.17, 15) is 4.89 Å². The van der Waals surface area contributed by atoms with E-state index in [2.05, 4.69) is 15.9 Å². The Morgan fingerprint density at radius 1 is 0.591 bits per heavy atom. The van der Waals surface area contributed by atoms with E-state index < -0.39 is 6.83 Å². The molecule has 3 aromatic rings. The van der Waals surface area contributed by atoms with Crippen molar-refractivity contribution < 1.29 is 4.89 Å². The van der Waals surface area contributed by atoms with Crippen molar-refractivity contribution in [3.8, 4) is 0 Å². The molecule has 1 nitrogen and oxygen atoms in total. The Bertz CT molecular complexity index is 645. The Morgan fingerprint density at radius 2 is 0.864 bits per heavy atom. The van der Waals surface area contributed by atoms with Gasteiger partial charge in [-0.2, -0.15) is 0 Å². The van der Waals surface area contributed by atoms with Crippen LogP contribution in [-0.4, -0.2) is 9.96 Å². The molecule has 1 N–H and O–H groups in total. The second kappa shape index (κ2) is 5.96. The summed E-state index contributed by atoms with van der Waals surface area (Å²) < 4.78 is 0. The minimum absolute atomic E-state index is 0.497. The van der Waals surface area contributed by atoms with Crippen LogP contribution in [0.3, 0.4) is 0 Å². The fourth-order valence-electron chi connectivity index (χ4n) is 2.90. The van der Waals surface area contributed by atoms with Gasteiger partial charge in [0.15, 0.2) is 0 Å². The molecule has 0 aliphatic carbocycles. The van der Waals surface area contributed by atoms with Crippen LogP contribution in [0.5, 0.6) is 0 Å². The van der Waals surface area contributed by atoms with E-state index in [-0.39, 0.29) is 0 Å². The number of halogens is 1. The number of rotatable bonds is 4. The molecule has 0 saturated carbocycles. The first-order valence-corrected chi connectivity index (χ1v) is 10.7. The zero-order valence-electron chi connectivity index (χ0n) is 12.1. The van der Waals surface area contributed by atoms with E-state index in [1.807, 2.05) is 91.0 Å². The van der Waals surface area contributed by atoms with Crippen LogP contribution in [0.15, 0.2) is 91.0 Å². The summed E-state index contributed by atoms with van der Waals surface area (Å²) in [4.78, 5) is 12.3. The average molecular weight is 373 g/mol. The van der Waals surface area contributed by atoms with Crippen LogP contribution in [0.2, 0.25) is 0 Å². The topological polar surface area (TPSA) is 20.2 Å². The van der Waals surface area contributed by atoms with Gasteiger partial charge in [0, 0.05) is 0 Å². The first-order chi connectivity index (χ1) is 10.7. The van der Waals surface area contributed by atoms with E-state index in [0.717, 1.165) is 15.9 Å². The molecule has 0 radical (unpaired) electrons. The van der Waals surface area contributed by atoms with E-state index in [1.165, 1.54) is 0 Å². The van der Waals surface area contributed by atoms with Crippen molar-refractivity contribution in [2.75, 3.05) is 5.07 Å². The maximum atomic E-state index is 12.3. The summed E-state index contributed by atoms with van der Waals surface area (Å²) in [5.41, 5.74) is 0. The molecule has 0 unspecified atom stereocenters. The molecule has 0 amide bonds. The summed E-state index contributed by atoms with van der Waals surface area (Å²) in [6, 6.07) is 30.0. The first kappa shape index (κ1) is 15.4. The van der Waals surface area contributed by atoms with Crippen molar-refractivity contribution in [1.82, 2.24) is 0 Å². The Hall–Kier alpha value is -1.47. The van der Waals surface area contributed by atoms with Crippen molar-refractivity contribution >= 4 is 38.7 Å². The van der Waals surface area contributed by atoms with Gasteiger partial charge in [0.25, 0.3) is 0 Å². The van der Waals surface area contributed by atoms with Gasteiger partial charge in [-0.05, 0) is 0 Å². The molecule has 3 rings (SSSR count). The first-order valence-electron chi connectivity index (χ1n) is 7.19. The van der Waals surface area contributed by atoms with Crippen LogP contribution >= 0.6 is 22.8 Å². The summed E-state index contributed by atoms with van der Waals surface area (Å²) >= 11 is 3.65. The molecule has 0 aliphatic rings. The van der Waals surface area contributed by atoms with Crippen LogP contribution in [0.25, 0.3) is 0 Å². The quantitative estimate of drug-likeness (QED) is 0.545. The summed E-state index contributed by atoms with van der Waals surface area (Å²) in [6.07, 6.45) is 0. The van der Waals surface area contributed by atoms with Gasteiger partial charge in [-0.1, -0.05) is 0 Å². The van der Waals surface area contributed by atoms with E-state index in [0.29, 0.717) is 5.07 Å². The Morgan fingerprint density at radius 3 is 1.09 bits per heavy atom. The Kier molecular flexibility index (Phi) is 4.18. The normalized spacial score (nSPS) is 13.3. The van der Waals surface area contributed by atoms with Gasteiger partial charge in [-0.3, -0.25) is 0 Å². The van der Waals surface area contributed by atoms with Crippen LogP contribution < -0.4 is 15.9 Å². The molecule has 0 heterocycles. The standard InChI is InChI=1S/C19H18BrOP/c20-16-22(21,17-10-4-1-5-11-17,18-12-6-2-7-13-18)19-14-8-3-9-15-19/h1-15,21H,16H2. The van der Waals surface area contributed by atoms with E-state index >= 15 is 0 Å². The molecule has 0 aliphatic heterocycles. The number of alkyl halides is 1. The van der Waals surface area contributed by atoms with Gasteiger partial charge in [-0.25, -0.2) is 0 Å². The number of hydrogen-bond acceptors (Lipinski definition) is 1. The van der Waals surface area contributed by atoms with Crippen LogP contribution in [-0.2, 0) is 0 Å². The predicted molar refractivity (Wildman–Crippen MR) is 101 cm³/mol. The summed E-state index contributed by atoms with van der Waals surface area (Å²) in [6.45, 7) is -3.48. The fraction of sp³-hybridized carbons (Fsp3) is 0.0526. The van der Waals surface area contributed by atoms with Gasteiger partial charge in [0.05, 0.1) is 0 Å². The van der Waals surface area contributed by atoms with E-state index in [4.69, 9.17) is 0 Å². The van der Waals surface area contributed by atoms with Crippen molar-refractivity contribution in [3.05, 3.63) is 91.0 Å². The van der Waals surface area contributed by atoms with Crippen LogP contribution in [0.4, 0.5) is 0 Å². The molecule has 0 spiro atoms. The summed E-state index contributed by atoms with van der Waals surface area (Å²) in [5.74, 6) is 0. The Balaban J connectivity index is 2.41. The van der Waals surface area contributed by atoms with Gasteiger partial charge in [0.2, 0.25) is 0 Å². The molecule has 112 valence electrons. The monoisotopic (exact) mass is 372 g/mol. The third-order valence-corrected chi connectivity index (χ3v) is 11.8. The van der Waals surface area contributed by atoms with Gasteiger partial charge in [0.1, 0.15) is 0 Å². The molecule has 0 aromatic heterocycles. The average Bonchev–Trinajstić information content (AvgIpc) is 2.63.